The molecule has 1 N–H and O–H groups in total. The third-order valence-electron chi connectivity index (χ3n) is 14.9. The molecule has 0 aromatic heterocycles. The fourth-order valence-electron chi connectivity index (χ4n) is 9.64. The molecule has 6 fully saturated rings. The lowest BCUT2D eigenvalue weighted by Gasteiger charge is -2.44. The Morgan fingerprint density at radius 2 is 0.918 bits per heavy atom. The molecule has 0 saturated carbocycles. The Bertz CT molecular complexity index is 1380. The second-order valence-corrected chi connectivity index (χ2v) is 22.3. The van der Waals surface area contributed by atoms with Crippen LogP contribution in [0.1, 0.15) is 175 Å². The van der Waals surface area contributed by atoms with Gasteiger partial charge in [0.1, 0.15) is 11.4 Å². The van der Waals surface area contributed by atoms with E-state index >= 15 is 0 Å². The van der Waals surface area contributed by atoms with Crippen LogP contribution in [0.25, 0.3) is 0 Å². The number of hydrogen-bond donors (Lipinski definition) is 1. The molecular weight excluding hydrogens is 765 g/mol. The first-order valence-corrected chi connectivity index (χ1v) is 23.7. The number of hydrogen-bond acceptors (Lipinski definition) is 10. The average Bonchev–Trinajstić information content (AvgIpc) is 3.06. The molecule has 0 aromatic rings. The maximum absolute atomic E-state index is 12.7. The van der Waals surface area contributed by atoms with E-state index < -0.39 is 5.60 Å². The molecule has 356 valence electrons. The van der Waals surface area contributed by atoms with Gasteiger partial charge in [0.15, 0.2) is 11.6 Å². The van der Waals surface area contributed by atoms with Crippen LogP contribution in [0.15, 0.2) is 0 Å². The van der Waals surface area contributed by atoms with Crippen molar-refractivity contribution in [2.24, 2.45) is 16.2 Å². The SMILES string of the molecule is C.C.CC(C)N1CCC(C)(CC(=O)C2CCN2)CC1.CC(C)N1CCC(C)(CC(=O)C2CCN2C(=O)OC(C)(C)C)CC1.CC(C)N1CCC(C)(CC(=O)C2CCN2C)CC1. The maximum atomic E-state index is 12.7. The number of ether oxygens (including phenoxy) is 1. The Morgan fingerprint density at radius 1 is 0.574 bits per heavy atom. The zero-order valence-electron chi connectivity index (χ0n) is 40.1. The first-order valence-electron chi connectivity index (χ1n) is 23.7. The fourth-order valence-corrected chi connectivity index (χ4v) is 9.64. The first kappa shape index (κ1) is 55.2. The minimum absolute atomic E-state index is 0. The smallest absolute Gasteiger partial charge is 0.410 e. The molecule has 61 heavy (non-hydrogen) atoms. The number of amides is 1. The van der Waals surface area contributed by atoms with Crippen molar-refractivity contribution >= 4 is 23.4 Å². The van der Waals surface area contributed by atoms with Gasteiger partial charge in [-0.15, -0.1) is 0 Å². The molecule has 3 unspecified atom stereocenters. The highest BCUT2D eigenvalue weighted by molar-refractivity contribution is 5.89. The third kappa shape index (κ3) is 16.2. The summed E-state index contributed by atoms with van der Waals surface area (Å²) in [5.74, 6) is 1.12. The number of piperidine rings is 3. The van der Waals surface area contributed by atoms with E-state index in [1.54, 1.807) is 4.90 Å². The van der Waals surface area contributed by atoms with Crippen molar-refractivity contribution in [3.63, 3.8) is 0 Å². The number of ketones is 3. The van der Waals surface area contributed by atoms with Crippen LogP contribution in [0.3, 0.4) is 0 Å². The van der Waals surface area contributed by atoms with Crippen molar-refractivity contribution in [1.82, 2.24) is 29.8 Å². The topological polar surface area (TPSA) is 106 Å². The molecule has 11 heteroatoms. The van der Waals surface area contributed by atoms with Crippen LogP contribution in [-0.2, 0) is 19.1 Å². The monoisotopic (exact) mass is 861 g/mol. The molecule has 6 aliphatic heterocycles. The molecule has 6 rings (SSSR count). The molecule has 0 bridgehead atoms. The predicted molar refractivity (Wildman–Crippen MR) is 253 cm³/mol. The normalized spacial score (nSPS) is 26.4. The standard InChI is InChI=1S/C19H34N2O3.C15H28N2O.C14H26N2O.2CH4/c1-14(2)20-11-8-19(6,9-12-20)13-16(22)15-7-10-21(15)17(23)24-18(3,4)5;1-12(2)17-9-6-15(3,7-10-17)11-14(18)13-5-8-16(13)4;1-11(2)16-8-5-14(3,6-9-16)10-13(17)12-4-7-15-12;;/h14-15H,7-13H2,1-6H3;12-13H,5-11H2,1-4H3;11-12,15H,4-10H2,1-3H3;2*1H4. The molecule has 0 aliphatic carbocycles. The summed E-state index contributed by atoms with van der Waals surface area (Å²) in [4.78, 5) is 60.5. The zero-order valence-corrected chi connectivity index (χ0v) is 40.1. The van der Waals surface area contributed by atoms with E-state index in [1.807, 2.05) is 20.8 Å². The molecule has 6 saturated heterocycles. The van der Waals surface area contributed by atoms with E-state index in [-0.39, 0.29) is 61.1 Å². The minimum Gasteiger partial charge on any atom is -0.444 e. The van der Waals surface area contributed by atoms with Crippen LogP contribution in [0.2, 0.25) is 0 Å². The van der Waals surface area contributed by atoms with Crippen LogP contribution >= 0.6 is 0 Å². The van der Waals surface area contributed by atoms with Gasteiger partial charge in [-0.2, -0.15) is 0 Å². The van der Waals surface area contributed by atoms with Crippen molar-refractivity contribution < 1.29 is 23.9 Å². The number of nitrogens with one attached hydrogen (secondary N) is 1. The second kappa shape index (κ2) is 23.3. The summed E-state index contributed by atoms with van der Waals surface area (Å²) in [5, 5.41) is 3.22. The van der Waals surface area contributed by atoms with E-state index in [0.29, 0.717) is 42.7 Å². The van der Waals surface area contributed by atoms with Gasteiger partial charge >= 0.3 is 6.09 Å². The molecule has 3 atom stereocenters. The van der Waals surface area contributed by atoms with Gasteiger partial charge in [0.25, 0.3) is 0 Å². The highest BCUT2D eigenvalue weighted by Crippen LogP contribution is 2.39. The molecule has 0 aromatic carbocycles. The Kier molecular flexibility index (Phi) is 21.1. The largest absolute Gasteiger partial charge is 0.444 e. The first-order chi connectivity index (χ1) is 27.4. The summed E-state index contributed by atoms with van der Waals surface area (Å²) in [6.45, 7) is 35.3. The molecule has 6 heterocycles. The van der Waals surface area contributed by atoms with Crippen molar-refractivity contribution in [3.8, 4) is 0 Å². The Balaban J connectivity index is 0.000000316. The number of carbonyl (C=O) groups excluding carboxylic acids is 4. The van der Waals surface area contributed by atoms with E-state index in [0.717, 1.165) is 97.3 Å². The number of Topliss-reactive ketones (excluding diaryl/α,β-unsaturated/α-hetero) is 3. The number of likely N-dealkylation sites (N-methyl/N-ethyl adjacent to an activating group) is 1. The summed E-state index contributed by atoms with van der Waals surface area (Å²) in [7, 11) is 2.07. The Labute approximate surface area is 375 Å². The molecule has 1 amide bonds. The summed E-state index contributed by atoms with van der Waals surface area (Å²) < 4.78 is 5.41. The third-order valence-corrected chi connectivity index (χ3v) is 14.9. The van der Waals surface area contributed by atoms with Crippen molar-refractivity contribution in [3.05, 3.63) is 0 Å². The van der Waals surface area contributed by atoms with Gasteiger partial charge in [0, 0.05) is 50.5 Å². The molecule has 0 spiro atoms. The van der Waals surface area contributed by atoms with Gasteiger partial charge in [-0.05, 0) is 189 Å². The Morgan fingerprint density at radius 3 is 1.16 bits per heavy atom. The Hall–Kier alpha value is -1.92. The van der Waals surface area contributed by atoms with Crippen LogP contribution < -0.4 is 5.32 Å². The molecule has 0 radical (unpaired) electrons. The summed E-state index contributed by atoms with van der Waals surface area (Å²) >= 11 is 0. The predicted octanol–water partition coefficient (Wildman–Crippen LogP) is 8.72. The lowest BCUT2D eigenvalue weighted by atomic mass is 9.74. The van der Waals surface area contributed by atoms with Crippen LogP contribution in [0.5, 0.6) is 0 Å². The number of carbonyl (C=O) groups is 4. The van der Waals surface area contributed by atoms with Crippen LogP contribution in [-0.4, -0.2) is 156 Å². The molecular formula is C50H96N6O5. The van der Waals surface area contributed by atoms with Crippen molar-refractivity contribution in [2.75, 3.05) is 66.0 Å². The van der Waals surface area contributed by atoms with E-state index in [9.17, 15) is 19.2 Å². The minimum atomic E-state index is -0.518. The lowest BCUT2D eigenvalue weighted by Crippen LogP contribution is -2.57. The van der Waals surface area contributed by atoms with E-state index in [4.69, 9.17) is 4.74 Å². The van der Waals surface area contributed by atoms with Crippen molar-refractivity contribution in [2.45, 2.75) is 217 Å². The highest BCUT2D eigenvalue weighted by atomic mass is 16.6. The quantitative estimate of drug-likeness (QED) is 0.205. The van der Waals surface area contributed by atoms with Gasteiger partial charge in [-0.3, -0.25) is 24.2 Å². The fraction of sp³-hybridized carbons (Fsp3) is 0.920. The number of rotatable bonds is 12. The van der Waals surface area contributed by atoms with Gasteiger partial charge < -0.3 is 24.8 Å². The van der Waals surface area contributed by atoms with Crippen LogP contribution in [0.4, 0.5) is 4.79 Å². The summed E-state index contributed by atoms with van der Waals surface area (Å²) in [5.41, 5.74) is 0.0479. The lowest BCUT2D eigenvalue weighted by molar-refractivity contribution is -0.131. The van der Waals surface area contributed by atoms with E-state index in [2.05, 4.69) is 94.3 Å². The molecule has 6 aliphatic rings. The number of likely N-dealkylation sites (tertiary alicyclic amines) is 5. The number of nitrogens with zero attached hydrogens (tertiary/aromatic N) is 5. The van der Waals surface area contributed by atoms with E-state index in [1.165, 1.54) is 25.7 Å². The average molecular weight is 861 g/mol. The van der Waals surface area contributed by atoms with Gasteiger partial charge in [-0.25, -0.2) is 4.79 Å². The zero-order chi connectivity index (χ0) is 43.9. The van der Waals surface area contributed by atoms with Crippen molar-refractivity contribution in [1.29, 1.82) is 0 Å². The second-order valence-electron chi connectivity index (χ2n) is 22.3. The van der Waals surface area contributed by atoms with Gasteiger partial charge in [0.05, 0.1) is 18.1 Å². The van der Waals surface area contributed by atoms with Gasteiger partial charge in [0.2, 0.25) is 0 Å². The highest BCUT2D eigenvalue weighted by Gasteiger charge is 2.43. The summed E-state index contributed by atoms with van der Waals surface area (Å²) in [6, 6.07) is 1.98. The van der Waals surface area contributed by atoms with Gasteiger partial charge in [-0.1, -0.05) is 35.6 Å². The maximum Gasteiger partial charge on any atom is 0.410 e. The van der Waals surface area contributed by atoms with Crippen LogP contribution in [0, 0.1) is 16.2 Å². The molecule has 11 nitrogen and oxygen atoms in total. The summed E-state index contributed by atoms with van der Waals surface area (Å²) in [6.07, 6.45) is 11.5.